The molecule has 0 saturated heterocycles. The van der Waals surface area contributed by atoms with E-state index < -0.39 is 5.82 Å². The maximum Gasteiger partial charge on any atom is 0.200 e. The quantitative estimate of drug-likeness (QED) is 0.764. The number of halogens is 3. The normalized spacial score (nSPS) is 10.3. The molecule has 0 heterocycles. The fraction of sp³-hybridized carbons (Fsp3) is 0.0714. The van der Waals surface area contributed by atoms with Crippen LogP contribution >= 0.6 is 27.5 Å². The molecule has 2 rings (SSSR count). The molecular weight excluding hydrogens is 335 g/mol. The van der Waals surface area contributed by atoms with Crippen molar-refractivity contribution in [2.75, 3.05) is 6.61 Å². The van der Waals surface area contributed by atoms with E-state index in [2.05, 4.69) is 15.9 Å². The average molecular weight is 344 g/mol. The molecule has 0 N–H and O–H groups in total. The molecule has 0 atom stereocenters. The lowest BCUT2D eigenvalue weighted by Crippen LogP contribution is -2.12. The molecule has 2 aromatic rings. The van der Waals surface area contributed by atoms with E-state index in [1.165, 1.54) is 12.1 Å². The second kappa shape index (κ2) is 6.17. The summed E-state index contributed by atoms with van der Waals surface area (Å²) in [6.45, 7) is -0.237. The molecule has 0 aliphatic rings. The molecule has 0 aliphatic carbocycles. The summed E-state index contributed by atoms with van der Waals surface area (Å²) in [5.74, 6) is -0.919. The van der Waals surface area contributed by atoms with E-state index in [1.807, 2.05) is 0 Å². The summed E-state index contributed by atoms with van der Waals surface area (Å²) >= 11 is 8.90. The number of carbonyl (C=O) groups excluding carboxylic acids is 1. The van der Waals surface area contributed by atoms with Gasteiger partial charge in [-0.15, -0.1) is 0 Å². The molecular formula is C14H9BrClFO2. The van der Waals surface area contributed by atoms with E-state index in [0.717, 1.165) is 4.47 Å². The summed E-state index contributed by atoms with van der Waals surface area (Å²) in [6, 6.07) is 11.3. The van der Waals surface area contributed by atoms with Crippen molar-refractivity contribution in [3.05, 3.63) is 63.3 Å². The van der Waals surface area contributed by atoms with Gasteiger partial charge >= 0.3 is 0 Å². The second-order valence-corrected chi connectivity index (χ2v) is 5.09. The molecule has 0 unspecified atom stereocenters. The number of Topliss-reactive ketones (excluding diaryl/α,β-unsaturated/α-hetero) is 1. The van der Waals surface area contributed by atoms with E-state index in [1.54, 1.807) is 30.3 Å². The third-order valence-electron chi connectivity index (χ3n) is 2.44. The highest BCUT2D eigenvalue weighted by molar-refractivity contribution is 9.10. The third kappa shape index (κ3) is 3.55. The Morgan fingerprint density at radius 3 is 2.58 bits per heavy atom. The maximum absolute atomic E-state index is 13.5. The van der Waals surface area contributed by atoms with Gasteiger partial charge in [0.2, 0.25) is 0 Å². The number of ketones is 1. The van der Waals surface area contributed by atoms with Gasteiger partial charge in [-0.05, 0) is 24.3 Å². The lowest BCUT2D eigenvalue weighted by atomic mass is 10.1. The van der Waals surface area contributed by atoms with Crippen LogP contribution in [-0.4, -0.2) is 12.4 Å². The van der Waals surface area contributed by atoms with Crippen LogP contribution in [0, 0.1) is 5.82 Å². The number of hydrogen-bond acceptors (Lipinski definition) is 2. The fourth-order valence-electron chi connectivity index (χ4n) is 1.46. The molecule has 98 valence electrons. The van der Waals surface area contributed by atoms with Crippen LogP contribution in [0.1, 0.15) is 10.4 Å². The van der Waals surface area contributed by atoms with Crippen molar-refractivity contribution in [1.82, 2.24) is 0 Å². The molecule has 0 aromatic heterocycles. The highest BCUT2D eigenvalue weighted by Crippen LogP contribution is 2.24. The van der Waals surface area contributed by atoms with Crippen molar-refractivity contribution in [2.24, 2.45) is 0 Å². The van der Waals surface area contributed by atoms with Gasteiger partial charge in [0.25, 0.3) is 0 Å². The van der Waals surface area contributed by atoms with E-state index in [4.69, 9.17) is 16.3 Å². The first-order valence-corrected chi connectivity index (χ1v) is 6.60. The predicted molar refractivity (Wildman–Crippen MR) is 75.4 cm³/mol. The summed E-state index contributed by atoms with van der Waals surface area (Å²) in [5.41, 5.74) is 0.505. The Balaban J connectivity index is 2.04. The summed E-state index contributed by atoms with van der Waals surface area (Å²) in [4.78, 5) is 11.8. The Labute approximate surface area is 123 Å². The van der Waals surface area contributed by atoms with Gasteiger partial charge in [-0.3, -0.25) is 4.79 Å². The van der Waals surface area contributed by atoms with Crippen LogP contribution in [0.3, 0.4) is 0 Å². The van der Waals surface area contributed by atoms with Crippen molar-refractivity contribution < 1.29 is 13.9 Å². The first-order chi connectivity index (χ1) is 9.08. The molecule has 0 amide bonds. The summed E-state index contributed by atoms with van der Waals surface area (Å²) < 4.78 is 19.6. The first kappa shape index (κ1) is 14.0. The molecule has 2 nitrogen and oxygen atoms in total. The topological polar surface area (TPSA) is 26.3 Å². The van der Waals surface area contributed by atoms with Gasteiger partial charge in [0.1, 0.15) is 0 Å². The molecule has 0 saturated carbocycles. The van der Waals surface area contributed by atoms with Gasteiger partial charge in [0, 0.05) is 10.0 Å². The zero-order valence-corrected chi connectivity index (χ0v) is 12.0. The summed E-state index contributed by atoms with van der Waals surface area (Å²) in [6.07, 6.45) is 0. The number of rotatable bonds is 4. The monoisotopic (exact) mass is 342 g/mol. The van der Waals surface area contributed by atoms with Gasteiger partial charge in [-0.25, -0.2) is 4.39 Å². The van der Waals surface area contributed by atoms with Crippen LogP contribution in [0.4, 0.5) is 4.39 Å². The molecule has 0 spiro atoms. The number of ether oxygens (including phenoxy) is 1. The molecule has 0 fully saturated rings. The highest BCUT2D eigenvalue weighted by atomic mass is 79.9. The SMILES string of the molecule is O=C(COc1cccc(Cl)c1F)c1ccc(Br)cc1. The van der Waals surface area contributed by atoms with Crippen molar-refractivity contribution >= 4 is 33.3 Å². The number of hydrogen-bond donors (Lipinski definition) is 0. The lowest BCUT2D eigenvalue weighted by Gasteiger charge is -2.07. The maximum atomic E-state index is 13.5. The third-order valence-corrected chi connectivity index (χ3v) is 3.26. The summed E-state index contributed by atoms with van der Waals surface area (Å²) in [5, 5.41) is -0.0337. The van der Waals surface area contributed by atoms with Crippen LogP contribution in [-0.2, 0) is 0 Å². The zero-order valence-electron chi connectivity index (χ0n) is 9.70. The smallest absolute Gasteiger partial charge is 0.200 e. The van der Waals surface area contributed by atoms with E-state index in [9.17, 15) is 9.18 Å². The molecule has 2 aromatic carbocycles. The Kier molecular flexibility index (Phi) is 4.56. The van der Waals surface area contributed by atoms with Gasteiger partial charge in [0.05, 0.1) is 5.02 Å². The number of carbonyl (C=O) groups is 1. The number of benzene rings is 2. The standard InChI is InChI=1S/C14H9BrClFO2/c15-10-6-4-9(5-7-10)12(18)8-19-13-3-1-2-11(16)14(13)17/h1-7H,8H2. The second-order valence-electron chi connectivity index (χ2n) is 3.77. The molecule has 0 bridgehead atoms. The van der Waals surface area contributed by atoms with Crippen molar-refractivity contribution in [3.63, 3.8) is 0 Å². The minimum absolute atomic E-state index is 0.0297. The van der Waals surface area contributed by atoms with Crippen LogP contribution in [0.15, 0.2) is 46.9 Å². The molecule has 0 radical (unpaired) electrons. The Hall–Kier alpha value is -1.39. The van der Waals surface area contributed by atoms with Gasteiger partial charge in [-0.1, -0.05) is 45.7 Å². The minimum atomic E-state index is -0.659. The fourth-order valence-corrected chi connectivity index (χ4v) is 1.89. The van der Waals surface area contributed by atoms with Crippen LogP contribution in [0.5, 0.6) is 5.75 Å². The minimum Gasteiger partial charge on any atom is -0.482 e. The van der Waals surface area contributed by atoms with Crippen LogP contribution in [0.2, 0.25) is 5.02 Å². The Bertz CT molecular complexity index is 599. The highest BCUT2D eigenvalue weighted by Gasteiger charge is 2.11. The van der Waals surface area contributed by atoms with Gasteiger partial charge < -0.3 is 4.74 Å². The zero-order chi connectivity index (χ0) is 13.8. The van der Waals surface area contributed by atoms with E-state index in [0.29, 0.717) is 5.56 Å². The van der Waals surface area contributed by atoms with Crippen molar-refractivity contribution in [2.45, 2.75) is 0 Å². The largest absolute Gasteiger partial charge is 0.482 e. The van der Waals surface area contributed by atoms with Gasteiger partial charge in [0.15, 0.2) is 24.0 Å². The average Bonchev–Trinajstić information content (AvgIpc) is 2.41. The predicted octanol–water partition coefficient (Wildman–Crippen LogP) is 4.50. The van der Waals surface area contributed by atoms with E-state index >= 15 is 0 Å². The Morgan fingerprint density at radius 1 is 1.21 bits per heavy atom. The van der Waals surface area contributed by atoms with Gasteiger partial charge in [-0.2, -0.15) is 0 Å². The van der Waals surface area contributed by atoms with Crippen molar-refractivity contribution in [1.29, 1.82) is 0 Å². The molecule has 19 heavy (non-hydrogen) atoms. The first-order valence-electron chi connectivity index (χ1n) is 5.43. The molecule has 5 heteroatoms. The van der Waals surface area contributed by atoms with Crippen molar-refractivity contribution in [3.8, 4) is 5.75 Å². The van der Waals surface area contributed by atoms with E-state index in [-0.39, 0.29) is 23.2 Å². The lowest BCUT2D eigenvalue weighted by molar-refractivity contribution is 0.0919. The van der Waals surface area contributed by atoms with Crippen LogP contribution in [0.25, 0.3) is 0 Å². The van der Waals surface area contributed by atoms with Crippen LogP contribution < -0.4 is 4.74 Å². The molecule has 0 aliphatic heterocycles. The Morgan fingerprint density at radius 2 is 1.89 bits per heavy atom. The summed E-state index contributed by atoms with van der Waals surface area (Å²) in [7, 11) is 0.